The molecule has 10 heteroatoms. The van der Waals surface area contributed by atoms with Crippen LogP contribution in [0.1, 0.15) is 35.4 Å². The topological polar surface area (TPSA) is 66.5 Å². The van der Waals surface area contributed by atoms with E-state index >= 15 is 0 Å². The molecule has 1 fully saturated rings. The van der Waals surface area contributed by atoms with E-state index in [0.29, 0.717) is 18.5 Å². The average Bonchev–Trinajstić information content (AvgIpc) is 2.95. The van der Waals surface area contributed by atoms with Gasteiger partial charge in [-0.1, -0.05) is 34.8 Å². The van der Waals surface area contributed by atoms with Crippen molar-refractivity contribution in [3.8, 4) is 0 Å². The highest BCUT2D eigenvalue weighted by Crippen LogP contribution is 2.35. The predicted molar refractivity (Wildman–Crippen MR) is 111 cm³/mol. The lowest BCUT2D eigenvalue weighted by Gasteiger charge is -2.19. The third kappa shape index (κ3) is 4.38. The zero-order valence-corrected chi connectivity index (χ0v) is 17.8. The molecule has 1 unspecified atom stereocenters. The molecule has 0 bridgehead atoms. The summed E-state index contributed by atoms with van der Waals surface area (Å²) in [6.45, 7) is 1.65. The van der Waals surface area contributed by atoms with Crippen molar-refractivity contribution in [3.05, 3.63) is 56.5 Å². The molecular weight excluding hydrogens is 450 g/mol. The van der Waals surface area contributed by atoms with E-state index in [1.54, 1.807) is 0 Å². The smallest absolute Gasteiger partial charge is 0.257 e. The third-order valence-electron chi connectivity index (χ3n) is 4.28. The molecule has 1 aliphatic heterocycles. The van der Waals surface area contributed by atoms with Crippen molar-refractivity contribution in [3.63, 3.8) is 0 Å². The molecule has 1 aliphatic rings. The Kier molecular flexibility index (Phi) is 6.10. The minimum Gasteiger partial charge on any atom is -0.322 e. The summed E-state index contributed by atoms with van der Waals surface area (Å²) in [4.78, 5) is 12.7. The molecular formula is C18H16Cl3FN2O3S. The Balaban J connectivity index is 1.96. The normalized spacial score (nSPS) is 16.8. The van der Waals surface area contributed by atoms with Crippen LogP contribution in [0.3, 0.4) is 0 Å². The number of carbonyl (C=O) groups excluding carboxylic acids is 1. The zero-order chi connectivity index (χ0) is 20.6. The summed E-state index contributed by atoms with van der Waals surface area (Å²) in [5.74, 6) is -0.591. The summed E-state index contributed by atoms with van der Waals surface area (Å²) in [7, 11) is -3.45. The molecule has 0 aliphatic carbocycles. The van der Waals surface area contributed by atoms with Gasteiger partial charge in [-0.3, -0.25) is 9.10 Å². The number of carbonyl (C=O) groups is 1. The summed E-state index contributed by atoms with van der Waals surface area (Å²) < 4.78 is 39.1. The van der Waals surface area contributed by atoms with Crippen LogP contribution in [-0.4, -0.2) is 26.6 Å². The second kappa shape index (κ2) is 8.06. The van der Waals surface area contributed by atoms with Crippen LogP contribution in [0.4, 0.5) is 15.8 Å². The molecule has 1 atom stereocenters. The van der Waals surface area contributed by atoms with E-state index in [0.717, 1.165) is 0 Å². The highest BCUT2D eigenvalue weighted by Gasteiger charge is 2.30. The van der Waals surface area contributed by atoms with E-state index in [4.69, 9.17) is 34.8 Å². The maximum absolute atomic E-state index is 13.6. The maximum Gasteiger partial charge on any atom is 0.257 e. The van der Waals surface area contributed by atoms with Crippen molar-refractivity contribution < 1.29 is 17.6 Å². The van der Waals surface area contributed by atoms with Gasteiger partial charge in [0, 0.05) is 17.3 Å². The molecule has 1 heterocycles. The van der Waals surface area contributed by atoms with Crippen molar-refractivity contribution in [2.75, 3.05) is 21.9 Å². The van der Waals surface area contributed by atoms with Gasteiger partial charge in [0.1, 0.15) is 6.17 Å². The number of nitrogens with zero attached hydrogens (tertiary/aromatic N) is 1. The Morgan fingerprint density at radius 2 is 1.89 bits per heavy atom. The second-order valence-corrected chi connectivity index (χ2v) is 9.61. The van der Waals surface area contributed by atoms with Crippen molar-refractivity contribution >= 4 is 62.1 Å². The Bertz CT molecular complexity index is 1040. The van der Waals surface area contributed by atoms with Crippen LogP contribution in [0, 0.1) is 0 Å². The first-order chi connectivity index (χ1) is 13.1. The van der Waals surface area contributed by atoms with Crippen molar-refractivity contribution in [2.45, 2.75) is 19.5 Å². The molecule has 3 rings (SSSR count). The van der Waals surface area contributed by atoms with Crippen LogP contribution < -0.4 is 9.62 Å². The standard InChI is InChI=1S/C18H16Cl3FN2O3S/c1-10(22)11-5-12(19)7-13(6-11)23-18(25)15-8-14(9-16(20)17(15)21)24-3-2-4-28(24,26)27/h5-10H,2-4H2,1H3,(H,23,25). The van der Waals surface area contributed by atoms with Gasteiger partial charge < -0.3 is 5.32 Å². The van der Waals surface area contributed by atoms with Crippen LogP contribution >= 0.6 is 34.8 Å². The number of sulfonamides is 1. The first-order valence-electron chi connectivity index (χ1n) is 8.34. The summed E-state index contributed by atoms with van der Waals surface area (Å²) in [6, 6.07) is 7.17. The molecule has 1 saturated heterocycles. The van der Waals surface area contributed by atoms with E-state index < -0.39 is 22.1 Å². The van der Waals surface area contributed by atoms with Gasteiger partial charge in [-0.15, -0.1) is 0 Å². The number of hydrogen-bond acceptors (Lipinski definition) is 3. The second-order valence-electron chi connectivity index (χ2n) is 6.37. The predicted octanol–water partition coefficient (Wildman–Crippen LogP) is 5.47. The molecule has 1 amide bonds. The molecule has 150 valence electrons. The lowest BCUT2D eigenvalue weighted by molar-refractivity contribution is 0.102. The van der Waals surface area contributed by atoms with Crippen LogP contribution in [0.25, 0.3) is 0 Å². The Labute approximate surface area is 177 Å². The Morgan fingerprint density at radius 1 is 1.18 bits per heavy atom. The Hall–Kier alpha value is -1.54. The molecule has 0 saturated carbocycles. The first-order valence-corrected chi connectivity index (χ1v) is 11.1. The van der Waals surface area contributed by atoms with Crippen LogP contribution in [0.5, 0.6) is 0 Å². The van der Waals surface area contributed by atoms with Crippen LogP contribution in [0.2, 0.25) is 15.1 Å². The minimum absolute atomic E-state index is 0.00101. The number of rotatable bonds is 4. The lowest BCUT2D eigenvalue weighted by Crippen LogP contribution is -2.25. The van der Waals surface area contributed by atoms with Gasteiger partial charge in [-0.2, -0.15) is 0 Å². The zero-order valence-electron chi connectivity index (χ0n) is 14.7. The van der Waals surface area contributed by atoms with Gasteiger partial charge in [0.25, 0.3) is 5.91 Å². The lowest BCUT2D eigenvalue weighted by atomic mass is 10.1. The SMILES string of the molecule is CC(F)c1cc(Cl)cc(NC(=O)c2cc(N3CCCS3(=O)=O)cc(Cl)c2Cl)c1. The van der Waals surface area contributed by atoms with Gasteiger partial charge in [0.2, 0.25) is 10.0 Å². The molecule has 2 aromatic carbocycles. The van der Waals surface area contributed by atoms with Gasteiger partial charge in [-0.05, 0) is 49.2 Å². The fourth-order valence-electron chi connectivity index (χ4n) is 2.93. The summed E-state index contributed by atoms with van der Waals surface area (Å²) >= 11 is 18.3. The van der Waals surface area contributed by atoms with E-state index in [9.17, 15) is 17.6 Å². The third-order valence-corrected chi connectivity index (χ3v) is 7.17. The first kappa shape index (κ1) is 21.2. The molecule has 2 aromatic rings. The van der Waals surface area contributed by atoms with Gasteiger partial charge in [0.05, 0.1) is 27.0 Å². The average molecular weight is 466 g/mol. The van der Waals surface area contributed by atoms with Crippen molar-refractivity contribution in [1.29, 1.82) is 0 Å². The number of hydrogen-bond donors (Lipinski definition) is 1. The summed E-state index contributed by atoms with van der Waals surface area (Å²) in [5, 5.41) is 2.90. The maximum atomic E-state index is 13.6. The highest BCUT2D eigenvalue weighted by atomic mass is 35.5. The summed E-state index contributed by atoms with van der Waals surface area (Å²) in [6.07, 6.45) is -0.785. The molecule has 28 heavy (non-hydrogen) atoms. The number of amides is 1. The van der Waals surface area contributed by atoms with Crippen molar-refractivity contribution in [1.82, 2.24) is 0 Å². The van der Waals surface area contributed by atoms with Crippen LogP contribution in [0.15, 0.2) is 30.3 Å². The summed E-state index contributed by atoms with van der Waals surface area (Å²) in [5.41, 5.74) is 0.856. The number of halogens is 4. The number of nitrogens with one attached hydrogen (secondary N) is 1. The largest absolute Gasteiger partial charge is 0.322 e. The van der Waals surface area contributed by atoms with Crippen molar-refractivity contribution in [2.24, 2.45) is 0 Å². The molecule has 0 aromatic heterocycles. The fourth-order valence-corrected chi connectivity index (χ4v) is 5.13. The minimum atomic E-state index is -3.45. The molecule has 0 spiro atoms. The molecule has 0 radical (unpaired) electrons. The number of benzene rings is 2. The van der Waals surface area contributed by atoms with Gasteiger partial charge >= 0.3 is 0 Å². The quantitative estimate of drug-likeness (QED) is 0.651. The fraction of sp³-hybridized carbons (Fsp3) is 0.278. The van der Waals surface area contributed by atoms with E-state index in [2.05, 4.69) is 5.32 Å². The van der Waals surface area contributed by atoms with E-state index in [1.807, 2.05) is 0 Å². The van der Waals surface area contributed by atoms with Gasteiger partial charge in [-0.25, -0.2) is 12.8 Å². The monoisotopic (exact) mass is 464 g/mol. The Morgan fingerprint density at radius 3 is 2.50 bits per heavy atom. The van der Waals surface area contributed by atoms with Crippen LogP contribution in [-0.2, 0) is 10.0 Å². The van der Waals surface area contributed by atoms with Gasteiger partial charge in [0.15, 0.2) is 0 Å². The highest BCUT2D eigenvalue weighted by molar-refractivity contribution is 7.93. The number of alkyl halides is 1. The van der Waals surface area contributed by atoms with E-state index in [1.165, 1.54) is 41.6 Å². The molecule has 5 nitrogen and oxygen atoms in total. The number of anilines is 2. The molecule has 1 N–H and O–H groups in total. The van der Waals surface area contributed by atoms with E-state index in [-0.39, 0.29) is 37.8 Å².